The first-order valence-electron chi connectivity index (χ1n) is 5.03. The zero-order chi connectivity index (χ0) is 12.8. The standard InChI is InChI=1S/C11H13F2NO3/c12-9-2-1-3-10(13)8(9)4-11(17)14-5-7(16)6-15/h1-3,7,15-16H,4-6H2,(H,14,17). The molecule has 3 N–H and O–H groups in total. The Labute approximate surface area is 96.9 Å². The number of hydrogen-bond acceptors (Lipinski definition) is 3. The van der Waals surface area contributed by atoms with Crippen molar-refractivity contribution in [3.63, 3.8) is 0 Å². The second-order valence-corrected chi connectivity index (χ2v) is 3.52. The molecule has 0 heterocycles. The lowest BCUT2D eigenvalue weighted by atomic mass is 10.1. The van der Waals surface area contributed by atoms with Gasteiger partial charge in [0.25, 0.3) is 0 Å². The quantitative estimate of drug-likeness (QED) is 0.682. The first-order valence-corrected chi connectivity index (χ1v) is 5.03. The molecule has 1 rings (SSSR count). The maximum Gasteiger partial charge on any atom is 0.224 e. The first kappa shape index (κ1) is 13.5. The molecule has 1 unspecified atom stereocenters. The Morgan fingerprint density at radius 2 is 1.94 bits per heavy atom. The molecule has 0 saturated carbocycles. The van der Waals surface area contributed by atoms with E-state index in [-0.39, 0.29) is 12.1 Å². The van der Waals surface area contributed by atoms with Gasteiger partial charge in [-0.1, -0.05) is 6.07 Å². The number of carbonyl (C=O) groups is 1. The summed E-state index contributed by atoms with van der Waals surface area (Å²) in [7, 11) is 0. The molecule has 0 aliphatic heterocycles. The predicted octanol–water partition coefficient (Wildman–Crippen LogP) is -0.0233. The van der Waals surface area contributed by atoms with Crippen LogP contribution in [-0.2, 0) is 11.2 Å². The molecule has 1 aromatic carbocycles. The Kier molecular flexibility index (Phi) is 4.99. The molecule has 1 aromatic rings. The summed E-state index contributed by atoms with van der Waals surface area (Å²) in [6, 6.07) is 3.34. The van der Waals surface area contributed by atoms with Crippen molar-refractivity contribution in [1.82, 2.24) is 5.32 Å². The van der Waals surface area contributed by atoms with Gasteiger partial charge in [0.05, 0.1) is 19.1 Å². The van der Waals surface area contributed by atoms with Gasteiger partial charge in [0.2, 0.25) is 5.91 Å². The molecule has 0 aliphatic carbocycles. The number of aliphatic hydroxyl groups is 2. The molecule has 17 heavy (non-hydrogen) atoms. The Morgan fingerprint density at radius 1 is 1.35 bits per heavy atom. The van der Waals surface area contributed by atoms with Crippen LogP contribution in [0.2, 0.25) is 0 Å². The lowest BCUT2D eigenvalue weighted by Gasteiger charge is -2.09. The van der Waals surface area contributed by atoms with Gasteiger partial charge < -0.3 is 15.5 Å². The van der Waals surface area contributed by atoms with Gasteiger partial charge in [-0.15, -0.1) is 0 Å². The summed E-state index contributed by atoms with van der Waals surface area (Å²) in [6.07, 6.45) is -1.53. The predicted molar refractivity (Wildman–Crippen MR) is 56.2 cm³/mol. The fraction of sp³-hybridized carbons (Fsp3) is 0.364. The van der Waals surface area contributed by atoms with E-state index >= 15 is 0 Å². The minimum absolute atomic E-state index is 0.161. The number of benzene rings is 1. The maximum absolute atomic E-state index is 13.2. The van der Waals surface area contributed by atoms with Gasteiger partial charge in [0.15, 0.2) is 0 Å². The topological polar surface area (TPSA) is 69.6 Å². The highest BCUT2D eigenvalue weighted by Crippen LogP contribution is 2.12. The van der Waals surface area contributed by atoms with Crippen molar-refractivity contribution in [2.24, 2.45) is 0 Å². The van der Waals surface area contributed by atoms with Gasteiger partial charge in [0, 0.05) is 12.1 Å². The van der Waals surface area contributed by atoms with Crippen molar-refractivity contribution < 1.29 is 23.8 Å². The van der Waals surface area contributed by atoms with Crippen molar-refractivity contribution in [1.29, 1.82) is 0 Å². The lowest BCUT2D eigenvalue weighted by Crippen LogP contribution is -2.35. The molecule has 0 spiro atoms. The monoisotopic (exact) mass is 245 g/mol. The second kappa shape index (κ2) is 6.27. The Bertz CT molecular complexity index is 378. The van der Waals surface area contributed by atoms with E-state index in [0.29, 0.717) is 0 Å². The van der Waals surface area contributed by atoms with Crippen LogP contribution < -0.4 is 5.32 Å². The van der Waals surface area contributed by atoms with E-state index < -0.39 is 36.7 Å². The van der Waals surface area contributed by atoms with E-state index in [1.54, 1.807) is 0 Å². The van der Waals surface area contributed by atoms with Crippen LogP contribution >= 0.6 is 0 Å². The normalized spacial score (nSPS) is 12.2. The van der Waals surface area contributed by atoms with Crippen molar-refractivity contribution >= 4 is 5.91 Å². The number of amides is 1. The highest BCUT2D eigenvalue weighted by atomic mass is 19.1. The minimum atomic E-state index is -1.08. The largest absolute Gasteiger partial charge is 0.394 e. The van der Waals surface area contributed by atoms with Crippen molar-refractivity contribution in [2.45, 2.75) is 12.5 Å². The number of carbonyl (C=O) groups excluding carboxylic acids is 1. The first-order chi connectivity index (χ1) is 8.04. The summed E-state index contributed by atoms with van der Waals surface area (Å²) in [5, 5.41) is 19.7. The summed E-state index contributed by atoms with van der Waals surface area (Å²) in [5.74, 6) is -2.20. The van der Waals surface area contributed by atoms with Crippen LogP contribution in [0.25, 0.3) is 0 Å². The van der Waals surface area contributed by atoms with Gasteiger partial charge in [-0.25, -0.2) is 8.78 Å². The summed E-state index contributed by atoms with van der Waals surface area (Å²) in [5.41, 5.74) is -0.316. The fourth-order valence-corrected chi connectivity index (χ4v) is 1.22. The molecule has 0 aromatic heterocycles. The minimum Gasteiger partial charge on any atom is -0.394 e. The summed E-state index contributed by atoms with van der Waals surface area (Å²) >= 11 is 0. The molecule has 0 bridgehead atoms. The number of aliphatic hydroxyl groups excluding tert-OH is 2. The molecule has 94 valence electrons. The third-order valence-electron chi connectivity index (χ3n) is 2.14. The summed E-state index contributed by atoms with van der Waals surface area (Å²) in [4.78, 5) is 11.3. The highest BCUT2D eigenvalue weighted by molar-refractivity contribution is 5.78. The second-order valence-electron chi connectivity index (χ2n) is 3.52. The molecule has 0 radical (unpaired) electrons. The molecule has 1 amide bonds. The fourth-order valence-electron chi connectivity index (χ4n) is 1.22. The van der Waals surface area contributed by atoms with Gasteiger partial charge in [-0.05, 0) is 12.1 Å². The molecule has 0 aliphatic rings. The third kappa shape index (κ3) is 4.08. The van der Waals surface area contributed by atoms with Crippen LogP contribution in [0.15, 0.2) is 18.2 Å². The molecule has 6 heteroatoms. The third-order valence-corrected chi connectivity index (χ3v) is 2.14. The van der Waals surface area contributed by atoms with Crippen LogP contribution in [-0.4, -0.2) is 35.4 Å². The van der Waals surface area contributed by atoms with Gasteiger partial charge >= 0.3 is 0 Å². The van der Waals surface area contributed by atoms with Crippen molar-refractivity contribution in [2.75, 3.05) is 13.2 Å². The molecule has 0 saturated heterocycles. The van der Waals surface area contributed by atoms with Crippen LogP contribution in [0, 0.1) is 11.6 Å². The van der Waals surface area contributed by atoms with E-state index in [9.17, 15) is 13.6 Å². The molecule has 1 atom stereocenters. The van der Waals surface area contributed by atoms with Crippen molar-refractivity contribution in [3.05, 3.63) is 35.4 Å². The maximum atomic E-state index is 13.2. The lowest BCUT2D eigenvalue weighted by molar-refractivity contribution is -0.121. The molecular weight excluding hydrogens is 232 g/mol. The molecule has 4 nitrogen and oxygen atoms in total. The van der Waals surface area contributed by atoms with Gasteiger partial charge in [-0.2, -0.15) is 0 Å². The van der Waals surface area contributed by atoms with E-state index in [0.717, 1.165) is 12.1 Å². The van der Waals surface area contributed by atoms with Crippen LogP contribution in [0.4, 0.5) is 8.78 Å². The van der Waals surface area contributed by atoms with Gasteiger partial charge in [-0.3, -0.25) is 4.79 Å². The molecular formula is C11H13F2NO3. The number of nitrogens with one attached hydrogen (secondary N) is 1. The average Bonchev–Trinajstić information content (AvgIpc) is 2.31. The van der Waals surface area contributed by atoms with E-state index in [4.69, 9.17) is 10.2 Å². The zero-order valence-electron chi connectivity index (χ0n) is 8.99. The van der Waals surface area contributed by atoms with Crippen LogP contribution in [0.1, 0.15) is 5.56 Å². The Morgan fingerprint density at radius 3 is 2.47 bits per heavy atom. The average molecular weight is 245 g/mol. The highest BCUT2D eigenvalue weighted by Gasteiger charge is 2.13. The van der Waals surface area contributed by atoms with Gasteiger partial charge in [0.1, 0.15) is 11.6 Å². The number of rotatable bonds is 5. The van der Waals surface area contributed by atoms with E-state index in [1.165, 1.54) is 6.07 Å². The van der Waals surface area contributed by atoms with E-state index in [1.807, 2.05) is 0 Å². The SMILES string of the molecule is O=C(Cc1c(F)cccc1F)NCC(O)CO. The molecule has 0 fully saturated rings. The Hall–Kier alpha value is -1.53. The Balaban J connectivity index is 2.56. The van der Waals surface area contributed by atoms with Crippen molar-refractivity contribution in [3.8, 4) is 0 Å². The number of halogens is 2. The smallest absolute Gasteiger partial charge is 0.224 e. The zero-order valence-corrected chi connectivity index (χ0v) is 8.99. The van der Waals surface area contributed by atoms with Crippen LogP contribution in [0.3, 0.4) is 0 Å². The summed E-state index contributed by atoms with van der Waals surface area (Å²) in [6.45, 7) is -0.653. The van der Waals surface area contributed by atoms with Crippen LogP contribution in [0.5, 0.6) is 0 Å². The number of hydrogen-bond donors (Lipinski definition) is 3. The summed E-state index contributed by atoms with van der Waals surface area (Å²) < 4.78 is 26.3. The van der Waals surface area contributed by atoms with E-state index in [2.05, 4.69) is 5.32 Å².